The minimum absolute atomic E-state index is 0.123. The Bertz CT molecular complexity index is 407. The van der Waals surface area contributed by atoms with Crippen molar-refractivity contribution in [2.45, 2.75) is 38.8 Å². The summed E-state index contributed by atoms with van der Waals surface area (Å²) in [4.78, 5) is 24.3. The largest absolute Gasteiger partial charge is 0.329 e. The molecule has 1 aliphatic carbocycles. The normalized spacial score (nSPS) is 35.5. The predicted molar refractivity (Wildman–Crippen MR) is 75.2 cm³/mol. The van der Waals surface area contributed by atoms with Crippen molar-refractivity contribution in [3.63, 3.8) is 0 Å². The smallest absolute Gasteiger partial charge is 0.324 e. The fourth-order valence-corrected chi connectivity index (χ4v) is 4.14. The van der Waals surface area contributed by atoms with Crippen LogP contribution in [-0.4, -0.2) is 55.1 Å². The average molecular weight is 280 g/mol. The molecule has 3 N–H and O–H groups in total. The number of piperidine rings is 1. The standard InChI is InChI=1S/C14H24N4O2/c1-14(2)11-9(4-3-5-15-11)12(14)16-6-7-18-10(19)8-17-13(18)20/h9,11-12,15-16H,3-8H2,1-2H3,(H,17,20). The highest BCUT2D eigenvalue weighted by Gasteiger charge is 2.56. The first-order chi connectivity index (χ1) is 9.51. The third-order valence-electron chi connectivity index (χ3n) is 5.17. The van der Waals surface area contributed by atoms with Gasteiger partial charge in [-0.15, -0.1) is 0 Å². The summed E-state index contributed by atoms with van der Waals surface area (Å²) in [5, 5.41) is 9.73. The number of amides is 3. The van der Waals surface area contributed by atoms with Gasteiger partial charge >= 0.3 is 6.03 Å². The van der Waals surface area contributed by atoms with Gasteiger partial charge in [0.15, 0.2) is 0 Å². The summed E-state index contributed by atoms with van der Waals surface area (Å²) in [7, 11) is 0. The zero-order valence-corrected chi connectivity index (χ0v) is 12.2. The first-order valence-electron chi connectivity index (χ1n) is 7.57. The number of imide groups is 1. The molecule has 3 rings (SSSR count). The lowest BCUT2D eigenvalue weighted by Gasteiger charge is -2.61. The van der Waals surface area contributed by atoms with Gasteiger partial charge in [0.25, 0.3) is 0 Å². The van der Waals surface area contributed by atoms with Crippen LogP contribution in [0, 0.1) is 11.3 Å². The number of rotatable bonds is 4. The molecule has 0 spiro atoms. The third kappa shape index (κ3) is 2.11. The lowest BCUT2D eigenvalue weighted by molar-refractivity contribution is -0.125. The quantitative estimate of drug-likeness (QED) is 0.629. The lowest BCUT2D eigenvalue weighted by Crippen LogP contribution is -2.73. The van der Waals surface area contributed by atoms with Gasteiger partial charge in [-0.05, 0) is 30.7 Å². The van der Waals surface area contributed by atoms with Crippen molar-refractivity contribution in [1.29, 1.82) is 0 Å². The van der Waals surface area contributed by atoms with E-state index in [1.807, 2.05) is 0 Å². The van der Waals surface area contributed by atoms with E-state index in [0.717, 1.165) is 6.54 Å². The molecule has 20 heavy (non-hydrogen) atoms. The van der Waals surface area contributed by atoms with Crippen LogP contribution < -0.4 is 16.0 Å². The second-order valence-electron chi connectivity index (χ2n) is 6.70. The molecule has 2 saturated heterocycles. The van der Waals surface area contributed by atoms with Crippen molar-refractivity contribution in [3.8, 4) is 0 Å². The SMILES string of the molecule is CC1(C)C2NCCCC2C1NCCN1C(=O)CNC1=O. The molecule has 0 aromatic heterocycles. The minimum atomic E-state index is -0.262. The van der Waals surface area contributed by atoms with Gasteiger partial charge in [0, 0.05) is 25.2 Å². The third-order valence-corrected chi connectivity index (χ3v) is 5.17. The molecule has 3 fully saturated rings. The van der Waals surface area contributed by atoms with Crippen LogP contribution in [0.1, 0.15) is 26.7 Å². The second-order valence-corrected chi connectivity index (χ2v) is 6.70. The highest BCUT2D eigenvalue weighted by molar-refractivity contribution is 6.01. The predicted octanol–water partition coefficient (Wildman–Crippen LogP) is -0.0956. The van der Waals surface area contributed by atoms with Crippen LogP contribution in [0.4, 0.5) is 4.79 Å². The molecule has 3 unspecified atom stereocenters. The summed E-state index contributed by atoms with van der Waals surface area (Å²) in [6.07, 6.45) is 2.50. The molecule has 0 radical (unpaired) electrons. The fraction of sp³-hybridized carbons (Fsp3) is 0.857. The number of nitrogens with zero attached hydrogens (tertiary/aromatic N) is 1. The van der Waals surface area contributed by atoms with E-state index in [9.17, 15) is 9.59 Å². The Morgan fingerprint density at radius 1 is 1.40 bits per heavy atom. The Kier molecular flexibility index (Phi) is 3.46. The molecule has 0 aromatic carbocycles. The van der Waals surface area contributed by atoms with Crippen LogP contribution in [0.25, 0.3) is 0 Å². The minimum Gasteiger partial charge on any atom is -0.329 e. The summed E-state index contributed by atoms with van der Waals surface area (Å²) in [6, 6.07) is 0.813. The fourth-order valence-electron chi connectivity index (χ4n) is 4.14. The first-order valence-corrected chi connectivity index (χ1v) is 7.57. The molecule has 3 amide bonds. The Hall–Kier alpha value is -1.14. The van der Waals surface area contributed by atoms with E-state index in [-0.39, 0.29) is 23.9 Å². The zero-order chi connectivity index (χ0) is 14.3. The summed E-state index contributed by atoms with van der Waals surface area (Å²) in [5.41, 5.74) is 0.238. The molecular formula is C14H24N4O2. The summed E-state index contributed by atoms with van der Waals surface area (Å²) < 4.78 is 0. The summed E-state index contributed by atoms with van der Waals surface area (Å²) in [6.45, 7) is 6.98. The molecule has 0 aromatic rings. The second kappa shape index (κ2) is 5.00. The van der Waals surface area contributed by atoms with Gasteiger partial charge in [-0.2, -0.15) is 0 Å². The summed E-state index contributed by atoms with van der Waals surface area (Å²) >= 11 is 0. The Balaban J connectivity index is 1.51. The molecular weight excluding hydrogens is 256 g/mol. The lowest BCUT2D eigenvalue weighted by atomic mass is 9.53. The molecule has 3 atom stereocenters. The van der Waals surface area contributed by atoms with Crippen LogP contribution in [-0.2, 0) is 4.79 Å². The van der Waals surface area contributed by atoms with Gasteiger partial charge in [-0.1, -0.05) is 13.8 Å². The molecule has 112 valence electrons. The monoisotopic (exact) mass is 280 g/mol. The van der Waals surface area contributed by atoms with Crippen molar-refractivity contribution in [2.24, 2.45) is 11.3 Å². The number of nitrogens with one attached hydrogen (secondary N) is 3. The highest BCUT2D eigenvalue weighted by atomic mass is 16.2. The van der Waals surface area contributed by atoms with Crippen molar-refractivity contribution in [3.05, 3.63) is 0 Å². The number of carbonyl (C=O) groups excluding carboxylic acids is 2. The number of hydrogen-bond acceptors (Lipinski definition) is 4. The average Bonchev–Trinajstić information content (AvgIpc) is 2.74. The maximum absolute atomic E-state index is 11.5. The molecule has 3 aliphatic rings. The van der Waals surface area contributed by atoms with Crippen LogP contribution in [0.15, 0.2) is 0 Å². The van der Waals surface area contributed by atoms with Crippen LogP contribution >= 0.6 is 0 Å². The van der Waals surface area contributed by atoms with Gasteiger partial charge in [-0.25, -0.2) is 4.79 Å². The maximum Gasteiger partial charge on any atom is 0.324 e. The molecule has 6 heteroatoms. The Labute approximate surface area is 119 Å². The van der Waals surface area contributed by atoms with Gasteiger partial charge < -0.3 is 16.0 Å². The van der Waals surface area contributed by atoms with Crippen LogP contribution in [0.5, 0.6) is 0 Å². The Morgan fingerprint density at radius 3 is 2.90 bits per heavy atom. The van der Waals surface area contributed by atoms with E-state index in [0.29, 0.717) is 31.1 Å². The van der Waals surface area contributed by atoms with Gasteiger partial charge in [0.05, 0.1) is 6.54 Å². The summed E-state index contributed by atoms with van der Waals surface area (Å²) in [5.74, 6) is 0.559. The van der Waals surface area contributed by atoms with Crippen LogP contribution in [0.2, 0.25) is 0 Å². The van der Waals surface area contributed by atoms with E-state index in [1.165, 1.54) is 17.7 Å². The van der Waals surface area contributed by atoms with Gasteiger partial charge in [-0.3, -0.25) is 9.69 Å². The first kappa shape index (κ1) is 13.8. The molecule has 2 heterocycles. The zero-order valence-electron chi connectivity index (χ0n) is 12.2. The van der Waals surface area contributed by atoms with Crippen molar-refractivity contribution in [1.82, 2.24) is 20.9 Å². The van der Waals surface area contributed by atoms with Crippen molar-refractivity contribution >= 4 is 11.9 Å². The molecule has 6 nitrogen and oxygen atoms in total. The van der Waals surface area contributed by atoms with Crippen molar-refractivity contribution < 1.29 is 9.59 Å². The molecule has 2 aliphatic heterocycles. The van der Waals surface area contributed by atoms with E-state index in [4.69, 9.17) is 0 Å². The van der Waals surface area contributed by atoms with Gasteiger partial charge in [0.2, 0.25) is 5.91 Å². The van der Waals surface area contributed by atoms with E-state index < -0.39 is 0 Å². The number of hydrogen-bond donors (Lipinski definition) is 3. The van der Waals surface area contributed by atoms with E-state index in [1.54, 1.807) is 0 Å². The maximum atomic E-state index is 11.5. The number of fused-ring (bicyclic) bond motifs is 1. The highest BCUT2D eigenvalue weighted by Crippen LogP contribution is 2.48. The van der Waals surface area contributed by atoms with Crippen molar-refractivity contribution in [2.75, 3.05) is 26.2 Å². The van der Waals surface area contributed by atoms with Crippen LogP contribution in [0.3, 0.4) is 0 Å². The van der Waals surface area contributed by atoms with Gasteiger partial charge in [0.1, 0.15) is 0 Å². The Morgan fingerprint density at radius 2 is 2.20 bits per heavy atom. The number of carbonyl (C=O) groups is 2. The molecule has 1 saturated carbocycles. The number of urea groups is 1. The topological polar surface area (TPSA) is 73.5 Å². The molecule has 0 bridgehead atoms. The van der Waals surface area contributed by atoms with E-state index in [2.05, 4.69) is 29.8 Å². The van der Waals surface area contributed by atoms with E-state index >= 15 is 0 Å².